The Hall–Kier alpha value is -1.82. The van der Waals surface area contributed by atoms with E-state index in [1.165, 1.54) is 4.31 Å². The largest absolute Gasteiger partial charge is 0.281 e. The van der Waals surface area contributed by atoms with Gasteiger partial charge >= 0.3 is 0 Å². The predicted molar refractivity (Wildman–Crippen MR) is 79.4 cm³/mol. The van der Waals surface area contributed by atoms with Crippen LogP contribution in [0.4, 0.5) is 5.69 Å². The molecule has 0 bridgehead atoms. The first-order valence-electron chi connectivity index (χ1n) is 6.49. The van der Waals surface area contributed by atoms with E-state index in [2.05, 4.69) is 10.2 Å². The van der Waals surface area contributed by atoms with E-state index in [-0.39, 0.29) is 4.90 Å². The lowest BCUT2D eigenvalue weighted by Gasteiger charge is -2.23. The van der Waals surface area contributed by atoms with Gasteiger partial charge in [-0.15, -0.1) is 0 Å². The monoisotopic (exact) mass is 293 g/mol. The summed E-state index contributed by atoms with van der Waals surface area (Å²) in [6.45, 7) is 7.55. The number of sulfonamides is 1. The average Bonchev–Trinajstić information content (AvgIpc) is 2.70. The zero-order valence-electron chi connectivity index (χ0n) is 12.1. The number of H-pyrrole nitrogens is 1. The zero-order valence-corrected chi connectivity index (χ0v) is 13.0. The minimum atomic E-state index is -3.60. The van der Waals surface area contributed by atoms with Crippen LogP contribution in [-0.2, 0) is 10.0 Å². The van der Waals surface area contributed by atoms with Gasteiger partial charge in [-0.05, 0) is 45.4 Å². The van der Waals surface area contributed by atoms with Crippen molar-refractivity contribution >= 4 is 15.7 Å². The van der Waals surface area contributed by atoms with Gasteiger partial charge in [0.2, 0.25) is 0 Å². The molecule has 0 spiro atoms. The molecule has 1 N–H and O–H groups in total. The number of nitrogens with zero attached hydrogens (tertiary/aromatic N) is 2. The normalized spacial score (nSPS) is 11.6. The van der Waals surface area contributed by atoms with E-state index in [0.717, 1.165) is 5.56 Å². The average molecular weight is 293 g/mol. The van der Waals surface area contributed by atoms with Crippen molar-refractivity contribution in [2.45, 2.75) is 32.6 Å². The number of aromatic nitrogens is 2. The van der Waals surface area contributed by atoms with Crippen LogP contribution >= 0.6 is 0 Å². The highest BCUT2D eigenvalue weighted by Gasteiger charge is 2.28. The van der Waals surface area contributed by atoms with Gasteiger partial charge in [-0.1, -0.05) is 12.1 Å². The molecule has 0 unspecified atom stereocenters. The molecular weight excluding hydrogens is 274 g/mol. The molecule has 0 amide bonds. The van der Waals surface area contributed by atoms with Crippen LogP contribution in [0.2, 0.25) is 0 Å². The second kappa shape index (κ2) is 5.28. The molecule has 0 saturated heterocycles. The molecule has 1 heterocycles. The second-order valence-corrected chi connectivity index (χ2v) is 6.57. The number of hydrogen-bond donors (Lipinski definition) is 1. The lowest BCUT2D eigenvalue weighted by Crippen LogP contribution is -2.31. The van der Waals surface area contributed by atoms with Crippen LogP contribution in [-0.4, -0.2) is 25.2 Å². The van der Waals surface area contributed by atoms with Gasteiger partial charge in [-0.2, -0.15) is 5.10 Å². The van der Waals surface area contributed by atoms with E-state index < -0.39 is 10.0 Å². The molecule has 0 atom stereocenters. The fraction of sp³-hybridized carbons (Fsp3) is 0.357. The molecular formula is C14H19N3O2S. The number of nitrogens with one attached hydrogen (secondary N) is 1. The van der Waals surface area contributed by atoms with E-state index in [0.29, 0.717) is 23.6 Å². The van der Waals surface area contributed by atoms with Gasteiger partial charge in [0.1, 0.15) is 4.90 Å². The van der Waals surface area contributed by atoms with Crippen molar-refractivity contribution in [2.24, 2.45) is 0 Å². The third-order valence-corrected chi connectivity index (χ3v) is 5.35. The molecule has 2 rings (SSSR count). The van der Waals surface area contributed by atoms with E-state index in [1.807, 2.05) is 32.0 Å². The third kappa shape index (κ3) is 2.43. The maximum atomic E-state index is 12.8. The maximum absolute atomic E-state index is 12.8. The smallest absolute Gasteiger partial charge is 0.267 e. The lowest BCUT2D eigenvalue weighted by molar-refractivity contribution is 0.590. The Balaban J connectivity index is 2.57. The number of anilines is 1. The van der Waals surface area contributed by atoms with Crippen molar-refractivity contribution in [3.05, 3.63) is 41.2 Å². The van der Waals surface area contributed by atoms with Crippen LogP contribution in [0.3, 0.4) is 0 Å². The standard InChI is InChI=1S/C14H19N3O2S/c1-5-17(13-8-6-7-10(2)9-13)20(18,19)14-11(3)15-16-12(14)4/h6-9H,5H2,1-4H3,(H,15,16). The predicted octanol–water partition coefficient (Wildman–Crippen LogP) is 2.55. The summed E-state index contributed by atoms with van der Waals surface area (Å²) in [6.07, 6.45) is 0. The summed E-state index contributed by atoms with van der Waals surface area (Å²) in [7, 11) is -3.60. The molecule has 0 aliphatic rings. The molecule has 0 aliphatic heterocycles. The summed E-state index contributed by atoms with van der Waals surface area (Å²) in [6, 6.07) is 7.47. The van der Waals surface area contributed by atoms with Crippen molar-refractivity contribution < 1.29 is 8.42 Å². The number of aryl methyl sites for hydroxylation is 3. The van der Waals surface area contributed by atoms with Crippen LogP contribution in [0.5, 0.6) is 0 Å². The Kier molecular flexibility index (Phi) is 3.85. The molecule has 20 heavy (non-hydrogen) atoms. The molecule has 2 aromatic rings. The Bertz CT molecular complexity index is 700. The molecule has 1 aromatic heterocycles. The molecule has 0 saturated carbocycles. The minimum Gasteiger partial charge on any atom is -0.281 e. The van der Waals surface area contributed by atoms with Crippen molar-refractivity contribution in [3.8, 4) is 0 Å². The SMILES string of the molecule is CCN(c1cccc(C)c1)S(=O)(=O)c1c(C)n[nH]c1C. The number of aromatic amines is 1. The molecule has 108 valence electrons. The summed E-state index contributed by atoms with van der Waals surface area (Å²) < 4.78 is 27.1. The molecule has 0 fully saturated rings. The van der Waals surface area contributed by atoms with Gasteiger partial charge in [-0.25, -0.2) is 8.42 Å². The molecule has 0 radical (unpaired) electrons. The molecule has 6 heteroatoms. The number of benzene rings is 1. The number of rotatable bonds is 4. The highest BCUT2D eigenvalue weighted by molar-refractivity contribution is 7.93. The van der Waals surface area contributed by atoms with E-state index in [9.17, 15) is 8.42 Å². The van der Waals surface area contributed by atoms with Gasteiger partial charge in [0.15, 0.2) is 0 Å². The molecule has 5 nitrogen and oxygen atoms in total. The van der Waals surface area contributed by atoms with Gasteiger partial charge in [0.05, 0.1) is 17.1 Å². The zero-order chi connectivity index (χ0) is 14.9. The first-order valence-corrected chi connectivity index (χ1v) is 7.93. The highest BCUT2D eigenvalue weighted by Crippen LogP contribution is 2.27. The summed E-state index contributed by atoms with van der Waals surface area (Å²) >= 11 is 0. The van der Waals surface area contributed by atoms with Crippen molar-refractivity contribution in [2.75, 3.05) is 10.8 Å². The minimum absolute atomic E-state index is 0.265. The van der Waals surface area contributed by atoms with E-state index in [4.69, 9.17) is 0 Å². The first-order chi connectivity index (χ1) is 9.37. The second-order valence-electron chi connectivity index (χ2n) is 4.77. The highest BCUT2D eigenvalue weighted by atomic mass is 32.2. The summed E-state index contributed by atoms with van der Waals surface area (Å²) in [4.78, 5) is 0.265. The summed E-state index contributed by atoms with van der Waals surface area (Å²) in [5.74, 6) is 0. The van der Waals surface area contributed by atoms with Crippen LogP contribution in [0.25, 0.3) is 0 Å². The maximum Gasteiger partial charge on any atom is 0.267 e. The Morgan fingerprint density at radius 3 is 2.45 bits per heavy atom. The van der Waals surface area contributed by atoms with Gasteiger partial charge in [0, 0.05) is 6.54 Å². The molecule has 1 aromatic carbocycles. The summed E-state index contributed by atoms with van der Waals surface area (Å²) in [5.41, 5.74) is 2.76. The van der Waals surface area contributed by atoms with Crippen LogP contribution in [0, 0.1) is 20.8 Å². The fourth-order valence-electron chi connectivity index (χ4n) is 2.31. The Labute approximate surface area is 119 Å². The summed E-state index contributed by atoms with van der Waals surface area (Å²) in [5, 5.41) is 6.71. The van der Waals surface area contributed by atoms with Crippen molar-refractivity contribution in [1.82, 2.24) is 10.2 Å². The Morgan fingerprint density at radius 2 is 1.95 bits per heavy atom. The van der Waals surface area contributed by atoms with Crippen LogP contribution in [0.15, 0.2) is 29.2 Å². The van der Waals surface area contributed by atoms with Gasteiger partial charge in [-0.3, -0.25) is 9.40 Å². The lowest BCUT2D eigenvalue weighted by atomic mass is 10.2. The fourth-order valence-corrected chi connectivity index (χ4v) is 4.11. The topological polar surface area (TPSA) is 66.1 Å². The van der Waals surface area contributed by atoms with Crippen molar-refractivity contribution in [1.29, 1.82) is 0 Å². The van der Waals surface area contributed by atoms with Crippen molar-refractivity contribution in [3.63, 3.8) is 0 Å². The van der Waals surface area contributed by atoms with Gasteiger partial charge in [0.25, 0.3) is 10.0 Å². The third-order valence-electron chi connectivity index (χ3n) is 3.19. The van der Waals surface area contributed by atoms with E-state index >= 15 is 0 Å². The first kappa shape index (κ1) is 14.6. The van der Waals surface area contributed by atoms with Gasteiger partial charge < -0.3 is 0 Å². The quantitative estimate of drug-likeness (QED) is 0.942. The van der Waals surface area contributed by atoms with Crippen LogP contribution < -0.4 is 4.31 Å². The van der Waals surface area contributed by atoms with E-state index in [1.54, 1.807) is 19.9 Å². The molecule has 0 aliphatic carbocycles. The van der Waals surface area contributed by atoms with Crippen LogP contribution in [0.1, 0.15) is 23.9 Å². The number of hydrogen-bond acceptors (Lipinski definition) is 3. The Morgan fingerprint density at radius 1 is 1.25 bits per heavy atom.